The van der Waals surface area contributed by atoms with Crippen molar-refractivity contribution >= 4 is 22.6 Å². The molecule has 2 aromatic heterocycles. The van der Waals surface area contributed by atoms with Gasteiger partial charge in [-0.3, -0.25) is 9.59 Å². The van der Waals surface area contributed by atoms with E-state index < -0.39 is 0 Å². The van der Waals surface area contributed by atoms with E-state index in [1.807, 2.05) is 30.3 Å². The molecule has 0 aliphatic heterocycles. The molecule has 1 aliphatic carbocycles. The second kappa shape index (κ2) is 5.37. The minimum atomic E-state index is -0.371. The van der Waals surface area contributed by atoms with Crippen molar-refractivity contribution in [1.29, 1.82) is 0 Å². The van der Waals surface area contributed by atoms with Crippen molar-refractivity contribution in [3.05, 3.63) is 63.6 Å². The van der Waals surface area contributed by atoms with E-state index in [1.54, 1.807) is 17.7 Å². The highest BCUT2D eigenvalue weighted by molar-refractivity contribution is 6.05. The first kappa shape index (κ1) is 14.8. The predicted molar refractivity (Wildman–Crippen MR) is 94.7 cm³/mol. The monoisotopic (exact) mass is 321 g/mol. The van der Waals surface area contributed by atoms with E-state index in [0.29, 0.717) is 11.7 Å². The van der Waals surface area contributed by atoms with E-state index in [4.69, 9.17) is 0 Å². The van der Waals surface area contributed by atoms with E-state index in [1.165, 1.54) is 0 Å². The SMILES string of the molecule is C[C@@H]1CCc2c1cc(C(=O)Nc1cc3ccccc3[nH]1)c(=O)n2C. The summed E-state index contributed by atoms with van der Waals surface area (Å²) in [5.74, 6) is 0.604. The Morgan fingerprint density at radius 3 is 2.88 bits per heavy atom. The van der Waals surface area contributed by atoms with Gasteiger partial charge in [0.05, 0.1) is 0 Å². The maximum absolute atomic E-state index is 12.6. The lowest BCUT2D eigenvalue weighted by molar-refractivity contribution is 0.102. The smallest absolute Gasteiger partial charge is 0.263 e. The van der Waals surface area contributed by atoms with Crippen molar-refractivity contribution in [1.82, 2.24) is 9.55 Å². The van der Waals surface area contributed by atoms with E-state index in [9.17, 15) is 9.59 Å². The largest absolute Gasteiger partial charge is 0.341 e. The minimum Gasteiger partial charge on any atom is -0.341 e. The average molecular weight is 321 g/mol. The number of para-hydroxylation sites is 1. The second-order valence-electron chi connectivity index (χ2n) is 6.49. The van der Waals surface area contributed by atoms with Crippen LogP contribution in [0.2, 0.25) is 0 Å². The number of carbonyl (C=O) groups excluding carboxylic acids is 1. The van der Waals surface area contributed by atoms with Gasteiger partial charge in [-0.2, -0.15) is 0 Å². The fourth-order valence-electron chi connectivity index (χ4n) is 3.54. The van der Waals surface area contributed by atoms with Crippen molar-refractivity contribution in [2.45, 2.75) is 25.7 Å². The van der Waals surface area contributed by atoms with Gasteiger partial charge in [-0.1, -0.05) is 25.1 Å². The average Bonchev–Trinajstić information content (AvgIpc) is 3.13. The third-order valence-corrected chi connectivity index (χ3v) is 4.94. The molecule has 24 heavy (non-hydrogen) atoms. The van der Waals surface area contributed by atoms with Crippen LogP contribution in [0, 0.1) is 0 Å². The van der Waals surface area contributed by atoms with Crippen molar-refractivity contribution in [3.8, 4) is 0 Å². The Balaban J connectivity index is 1.71. The van der Waals surface area contributed by atoms with Gasteiger partial charge in [-0.15, -0.1) is 0 Å². The molecule has 5 nitrogen and oxygen atoms in total. The quantitative estimate of drug-likeness (QED) is 0.761. The normalized spacial score (nSPS) is 16.3. The molecule has 5 heteroatoms. The number of fused-ring (bicyclic) bond motifs is 2. The number of rotatable bonds is 2. The molecule has 1 aliphatic rings. The fourth-order valence-corrected chi connectivity index (χ4v) is 3.54. The van der Waals surface area contributed by atoms with Gasteiger partial charge in [0.25, 0.3) is 11.5 Å². The van der Waals surface area contributed by atoms with Crippen LogP contribution in [-0.2, 0) is 13.5 Å². The van der Waals surface area contributed by atoms with Gasteiger partial charge >= 0.3 is 0 Å². The zero-order chi connectivity index (χ0) is 16.8. The molecule has 0 unspecified atom stereocenters. The van der Waals surface area contributed by atoms with Crippen molar-refractivity contribution in [2.75, 3.05) is 5.32 Å². The van der Waals surface area contributed by atoms with Gasteiger partial charge in [0, 0.05) is 23.6 Å². The lowest BCUT2D eigenvalue weighted by atomic mass is 10.0. The van der Waals surface area contributed by atoms with Crippen LogP contribution < -0.4 is 10.9 Å². The van der Waals surface area contributed by atoms with Crippen LogP contribution in [0.1, 0.15) is 40.9 Å². The van der Waals surface area contributed by atoms with Gasteiger partial charge in [0.1, 0.15) is 11.4 Å². The Kier molecular flexibility index (Phi) is 3.30. The lowest BCUT2D eigenvalue weighted by Gasteiger charge is -2.11. The predicted octanol–water partition coefficient (Wildman–Crippen LogP) is 3.17. The Morgan fingerprint density at radius 2 is 2.08 bits per heavy atom. The number of hydrogen-bond acceptors (Lipinski definition) is 2. The van der Waals surface area contributed by atoms with Crippen LogP contribution >= 0.6 is 0 Å². The van der Waals surface area contributed by atoms with Crippen LogP contribution in [0.3, 0.4) is 0 Å². The molecule has 3 aromatic rings. The molecule has 0 saturated heterocycles. The zero-order valence-electron chi connectivity index (χ0n) is 13.7. The molecule has 1 amide bonds. The molecular weight excluding hydrogens is 302 g/mol. The third-order valence-electron chi connectivity index (χ3n) is 4.94. The van der Waals surface area contributed by atoms with Gasteiger partial charge in [0.15, 0.2) is 0 Å². The van der Waals surface area contributed by atoms with Crippen LogP contribution in [0.25, 0.3) is 10.9 Å². The number of nitrogens with one attached hydrogen (secondary N) is 2. The topological polar surface area (TPSA) is 66.9 Å². The first-order chi connectivity index (χ1) is 11.5. The number of pyridine rings is 1. The summed E-state index contributed by atoms with van der Waals surface area (Å²) in [6, 6.07) is 11.4. The molecule has 122 valence electrons. The highest BCUT2D eigenvalue weighted by atomic mass is 16.2. The summed E-state index contributed by atoms with van der Waals surface area (Å²) in [4.78, 5) is 28.3. The molecule has 1 atom stereocenters. The molecular formula is C19H19N3O2. The number of aromatic nitrogens is 2. The molecule has 0 spiro atoms. The summed E-state index contributed by atoms with van der Waals surface area (Å²) in [5, 5.41) is 3.83. The molecule has 0 fully saturated rings. The lowest BCUT2D eigenvalue weighted by Crippen LogP contribution is -2.30. The third kappa shape index (κ3) is 2.24. The highest BCUT2D eigenvalue weighted by Gasteiger charge is 2.25. The van der Waals surface area contributed by atoms with Crippen LogP contribution in [0.5, 0.6) is 0 Å². The van der Waals surface area contributed by atoms with Gasteiger partial charge < -0.3 is 14.9 Å². The molecule has 4 rings (SSSR count). The number of nitrogens with zero attached hydrogens (tertiary/aromatic N) is 1. The maximum atomic E-state index is 12.6. The Labute approximate surface area is 139 Å². The number of carbonyl (C=O) groups is 1. The van der Waals surface area contributed by atoms with Crippen LogP contribution in [-0.4, -0.2) is 15.5 Å². The standard InChI is InChI=1S/C19H19N3O2/c1-11-7-8-16-13(11)10-14(19(24)22(16)2)18(23)21-17-9-12-5-3-4-6-15(12)20-17/h3-6,9-11,20H,7-8H2,1-2H3,(H,21,23)/t11-/m1/s1. The second-order valence-corrected chi connectivity index (χ2v) is 6.49. The van der Waals surface area contributed by atoms with Gasteiger partial charge in [-0.05, 0) is 42.5 Å². The maximum Gasteiger partial charge on any atom is 0.263 e. The molecule has 0 saturated carbocycles. The highest BCUT2D eigenvalue weighted by Crippen LogP contribution is 2.31. The number of hydrogen-bond donors (Lipinski definition) is 2. The molecule has 2 heterocycles. The summed E-state index contributed by atoms with van der Waals surface area (Å²) in [6.07, 6.45) is 1.92. The van der Waals surface area contributed by atoms with Gasteiger partial charge in [0.2, 0.25) is 0 Å². The van der Waals surface area contributed by atoms with E-state index in [-0.39, 0.29) is 17.0 Å². The molecule has 0 radical (unpaired) electrons. The number of aromatic amines is 1. The Hall–Kier alpha value is -2.82. The van der Waals surface area contributed by atoms with Crippen LogP contribution in [0.4, 0.5) is 5.82 Å². The van der Waals surface area contributed by atoms with Crippen molar-refractivity contribution < 1.29 is 4.79 Å². The van der Waals surface area contributed by atoms with E-state index >= 15 is 0 Å². The first-order valence-electron chi connectivity index (χ1n) is 8.16. The minimum absolute atomic E-state index is 0.198. The molecule has 0 bridgehead atoms. The molecule has 2 N–H and O–H groups in total. The zero-order valence-corrected chi connectivity index (χ0v) is 13.7. The Bertz CT molecular complexity index is 980. The number of benzene rings is 1. The van der Waals surface area contributed by atoms with Crippen LogP contribution in [0.15, 0.2) is 41.2 Å². The fraction of sp³-hybridized carbons (Fsp3) is 0.263. The number of amides is 1. The van der Waals surface area contributed by atoms with E-state index in [2.05, 4.69) is 17.2 Å². The summed E-state index contributed by atoms with van der Waals surface area (Å²) < 4.78 is 1.62. The van der Waals surface area contributed by atoms with Gasteiger partial charge in [-0.25, -0.2) is 0 Å². The molecule has 1 aromatic carbocycles. The summed E-state index contributed by atoms with van der Waals surface area (Å²) >= 11 is 0. The number of anilines is 1. The summed E-state index contributed by atoms with van der Waals surface area (Å²) in [5.41, 5.74) is 3.07. The first-order valence-corrected chi connectivity index (χ1v) is 8.16. The number of H-pyrrole nitrogens is 1. The Morgan fingerprint density at radius 1 is 1.29 bits per heavy atom. The summed E-state index contributed by atoms with van der Waals surface area (Å²) in [7, 11) is 1.75. The van der Waals surface area contributed by atoms with Crippen molar-refractivity contribution in [2.24, 2.45) is 7.05 Å². The summed E-state index contributed by atoms with van der Waals surface area (Å²) in [6.45, 7) is 2.13. The van der Waals surface area contributed by atoms with Crippen molar-refractivity contribution in [3.63, 3.8) is 0 Å². The van der Waals surface area contributed by atoms with E-state index in [0.717, 1.165) is 35.0 Å².